The Morgan fingerprint density at radius 3 is 1.65 bits per heavy atom. The molecule has 5 aromatic carbocycles. The van der Waals surface area contributed by atoms with Gasteiger partial charge in [-0.2, -0.15) is 0 Å². The van der Waals surface area contributed by atoms with Gasteiger partial charge in [0.1, 0.15) is 0 Å². The monoisotopic (exact) mass is 522 g/mol. The van der Waals surface area contributed by atoms with Crippen molar-refractivity contribution in [1.82, 2.24) is 0 Å². The molecule has 5 aromatic rings. The highest BCUT2D eigenvalue weighted by Crippen LogP contribution is 2.57. The summed E-state index contributed by atoms with van der Waals surface area (Å²) in [6.45, 7) is 7.45. The minimum atomic E-state index is -0.956. The molecule has 0 fully saturated rings. The first kappa shape index (κ1) is 26.3. The van der Waals surface area contributed by atoms with Gasteiger partial charge in [0.15, 0.2) is 0 Å². The van der Waals surface area contributed by atoms with Crippen LogP contribution in [0.25, 0.3) is 22.3 Å². The zero-order valence-electron chi connectivity index (χ0n) is 23.7. The number of hydrogen-bond acceptors (Lipinski definition) is 2. The Balaban J connectivity index is 1.55. The molecule has 3 heteroatoms. The third-order valence-corrected chi connectivity index (χ3v) is 8.80. The molecule has 1 N–H and O–H groups in total. The van der Waals surface area contributed by atoms with Crippen molar-refractivity contribution in [3.05, 3.63) is 150 Å². The van der Waals surface area contributed by atoms with Crippen LogP contribution < -0.4 is 5.46 Å². The number of hydrogen-bond donors (Lipinski definition) is 1. The lowest BCUT2D eigenvalue weighted by atomic mass is 9.66. The van der Waals surface area contributed by atoms with Gasteiger partial charge in [-0.1, -0.05) is 133 Å². The molecule has 0 amide bonds. The predicted molar refractivity (Wildman–Crippen MR) is 167 cm³/mol. The highest BCUT2D eigenvalue weighted by atomic mass is 16.5. The summed E-state index contributed by atoms with van der Waals surface area (Å²) >= 11 is 0. The summed E-state index contributed by atoms with van der Waals surface area (Å²) < 4.78 is 6.23. The summed E-state index contributed by atoms with van der Waals surface area (Å²) in [4.78, 5) is 0. The van der Waals surface area contributed by atoms with Crippen LogP contribution in [0.5, 0.6) is 0 Å². The zero-order chi connectivity index (χ0) is 28.0. The fourth-order valence-electron chi connectivity index (χ4n) is 6.01. The van der Waals surface area contributed by atoms with Crippen LogP contribution in [0.3, 0.4) is 0 Å². The lowest BCUT2D eigenvalue weighted by Gasteiger charge is -2.37. The molecule has 0 radical (unpaired) electrons. The summed E-state index contributed by atoms with van der Waals surface area (Å²) in [5.74, 6) is 0. The Bertz CT molecular complexity index is 1620. The van der Waals surface area contributed by atoms with Crippen LogP contribution in [0.1, 0.15) is 49.9 Å². The van der Waals surface area contributed by atoms with Crippen molar-refractivity contribution in [2.24, 2.45) is 0 Å². The number of fused-ring (bicyclic) bond motifs is 3. The molecule has 0 saturated carbocycles. The molecule has 6 rings (SSSR count). The van der Waals surface area contributed by atoms with Crippen molar-refractivity contribution in [2.75, 3.05) is 0 Å². The van der Waals surface area contributed by atoms with Crippen LogP contribution in [0.2, 0.25) is 0 Å². The van der Waals surface area contributed by atoms with Crippen LogP contribution in [0.15, 0.2) is 127 Å². The van der Waals surface area contributed by atoms with Crippen molar-refractivity contribution in [1.29, 1.82) is 0 Å². The van der Waals surface area contributed by atoms with Gasteiger partial charge in [-0.3, -0.25) is 0 Å². The van der Waals surface area contributed by atoms with Crippen LogP contribution in [0, 0.1) is 0 Å². The van der Waals surface area contributed by atoms with Crippen LogP contribution >= 0.6 is 0 Å². The quantitative estimate of drug-likeness (QED) is 0.224. The normalized spacial score (nSPS) is 13.9. The third-order valence-electron chi connectivity index (χ3n) is 8.80. The van der Waals surface area contributed by atoms with Crippen molar-refractivity contribution in [3.63, 3.8) is 0 Å². The predicted octanol–water partition coefficient (Wildman–Crippen LogP) is 7.26. The number of aliphatic hydroxyl groups is 1. The molecule has 0 aliphatic heterocycles. The van der Waals surface area contributed by atoms with Crippen molar-refractivity contribution in [2.45, 2.75) is 44.3 Å². The molecule has 0 bridgehead atoms. The molecule has 0 unspecified atom stereocenters. The highest BCUT2D eigenvalue weighted by molar-refractivity contribution is 6.47. The second-order valence-electron chi connectivity index (χ2n) is 11.8. The zero-order valence-corrected chi connectivity index (χ0v) is 23.7. The molecule has 1 aliphatic rings. The SMILES string of the molecule is CC(C)(O)C(C)(C)OBc1cccc(-c2ccccc2C2(c3ccccc3)c3ccccc3-c3ccccc32)c1. The summed E-state index contributed by atoms with van der Waals surface area (Å²) in [5, 5.41) is 10.6. The maximum Gasteiger partial charge on any atom is 0.309 e. The Labute approximate surface area is 238 Å². The minimum absolute atomic E-state index is 0.419. The maximum atomic E-state index is 10.6. The van der Waals surface area contributed by atoms with E-state index in [-0.39, 0.29) is 0 Å². The van der Waals surface area contributed by atoms with E-state index >= 15 is 0 Å². The van der Waals surface area contributed by atoms with E-state index in [1.165, 1.54) is 38.9 Å². The summed E-state index contributed by atoms with van der Waals surface area (Å²) in [5.41, 5.74) is 9.02. The largest absolute Gasteiger partial charge is 0.427 e. The first-order valence-electron chi connectivity index (χ1n) is 14.0. The second kappa shape index (κ2) is 9.93. The van der Waals surface area contributed by atoms with E-state index < -0.39 is 16.6 Å². The average molecular weight is 522 g/mol. The molecule has 0 spiro atoms. The number of benzene rings is 5. The van der Waals surface area contributed by atoms with Gasteiger partial charge >= 0.3 is 7.48 Å². The molecule has 40 heavy (non-hydrogen) atoms. The maximum absolute atomic E-state index is 10.6. The Morgan fingerprint density at radius 2 is 1.07 bits per heavy atom. The molecule has 0 saturated heterocycles. The lowest BCUT2D eigenvalue weighted by molar-refractivity contribution is -0.0893. The number of rotatable bonds is 7. The second-order valence-corrected chi connectivity index (χ2v) is 11.8. The smallest absolute Gasteiger partial charge is 0.309 e. The lowest BCUT2D eigenvalue weighted by Crippen LogP contribution is -2.49. The van der Waals surface area contributed by atoms with Crippen LogP contribution in [-0.2, 0) is 10.1 Å². The fraction of sp³-hybridized carbons (Fsp3) is 0.189. The molecule has 1 aliphatic carbocycles. The average Bonchev–Trinajstić information content (AvgIpc) is 3.27. The van der Waals surface area contributed by atoms with E-state index in [2.05, 4.69) is 127 Å². The first-order chi connectivity index (χ1) is 19.2. The van der Waals surface area contributed by atoms with Crippen LogP contribution in [0.4, 0.5) is 0 Å². The molecule has 2 nitrogen and oxygen atoms in total. The van der Waals surface area contributed by atoms with Gasteiger partial charge < -0.3 is 9.76 Å². The summed E-state index contributed by atoms with van der Waals surface area (Å²) in [6, 6.07) is 46.0. The highest BCUT2D eigenvalue weighted by Gasteiger charge is 2.46. The van der Waals surface area contributed by atoms with Crippen molar-refractivity contribution in [3.8, 4) is 22.3 Å². The van der Waals surface area contributed by atoms with Crippen LogP contribution in [-0.4, -0.2) is 23.8 Å². The van der Waals surface area contributed by atoms with Gasteiger partial charge in [0.05, 0.1) is 16.6 Å². The van der Waals surface area contributed by atoms with Gasteiger partial charge in [0.2, 0.25) is 0 Å². The first-order valence-corrected chi connectivity index (χ1v) is 14.0. The molecule has 0 heterocycles. The molecular formula is C37H35BO2. The van der Waals surface area contributed by atoms with Crippen molar-refractivity contribution >= 4 is 12.9 Å². The van der Waals surface area contributed by atoms with E-state index in [1.54, 1.807) is 13.8 Å². The van der Waals surface area contributed by atoms with Crippen molar-refractivity contribution < 1.29 is 9.76 Å². The van der Waals surface area contributed by atoms with E-state index in [4.69, 9.17) is 4.65 Å². The Hall–Kier alpha value is -3.92. The van der Waals surface area contributed by atoms with Gasteiger partial charge in [0.25, 0.3) is 0 Å². The Morgan fingerprint density at radius 1 is 0.575 bits per heavy atom. The van der Waals surface area contributed by atoms with Gasteiger partial charge in [-0.05, 0) is 72.2 Å². The fourth-order valence-corrected chi connectivity index (χ4v) is 6.01. The van der Waals surface area contributed by atoms with Gasteiger partial charge in [-0.15, -0.1) is 0 Å². The summed E-state index contributed by atoms with van der Waals surface area (Å²) in [6.07, 6.45) is 0. The summed E-state index contributed by atoms with van der Waals surface area (Å²) in [7, 11) is 0.419. The van der Waals surface area contributed by atoms with Gasteiger partial charge in [0, 0.05) is 0 Å². The Kier molecular flexibility index (Phi) is 6.53. The standard InChI is InChI=1S/C37H35BO2/c1-35(2,39)36(3,4)40-38-28-18-14-15-26(25-28)29-19-8-11-22-32(29)37(27-16-6-5-7-17-27)33-23-12-9-20-30(33)31-21-10-13-24-34(31)37/h5-25,38-39H,1-4H3. The van der Waals surface area contributed by atoms with E-state index in [1.807, 2.05) is 13.8 Å². The van der Waals surface area contributed by atoms with E-state index in [9.17, 15) is 5.11 Å². The van der Waals surface area contributed by atoms with E-state index in [0.717, 1.165) is 11.0 Å². The molecular weight excluding hydrogens is 487 g/mol. The van der Waals surface area contributed by atoms with E-state index in [0.29, 0.717) is 7.48 Å². The van der Waals surface area contributed by atoms with Gasteiger partial charge in [-0.25, -0.2) is 0 Å². The topological polar surface area (TPSA) is 29.5 Å². The third kappa shape index (κ3) is 4.21. The molecule has 198 valence electrons. The molecule has 0 atom stereocenters. The minimum Gasteiger partial charge on any atom is -0.427 e. The molecule has 0 aromatic heterocycles.